The van der Waals surface area contributed by atoms with E-state index in [0.717, 1.165) is 27.6 Å². The molecule has 0 fully saturated rings. The molecule has 30 heavy (non-hydrogen) atoms. The maximum Gasteiger partial charge on any atom is 0.221 e. The lowest BCUT2D eigenvalue weighted by Crippen LogP contribution is -2.29. The summed E-state index contributed by atoms with van der Waals surface area (Å²) in [6, 6.07) is 28.0. The van der Waals surface area contributed by atoms with E-state index in [1.54, 1.807) is 0 Å². The van der Waals surface area contributed by atoms with Crippen LogP contribution in [-0.4, -0.2) is 22.1 Å². The normalized spacial score (nSPS) is 12.2. The van der Waals surface area contributed by atoms with E-state index in [1.165, 1.54) is 0 Å². The van der Waals surface area contributed by atoms with E-state index >= 15 is 0 Å². The van der Waals surface area contributed by atoms with Crippen molar-refractivity contribution in [1.82, 2.24) is 9.88 Å². The predicted octanol–water partition coefficient (Wildman–Crippen LogP) is 4.55. The molecule has 0 saturated carbocycles. The Bertz CT molecular complexity index is 1080. The van der Waals surface area contributed by atoms with Crippen molar-refractivity contribution in [2.75, 3.05) is 6.54 Å². The van der Waals surface area contributed by atoms with Crippen molar-refractivity contribution in [3.05, 3.63) is 108 Å². The summed E-state index contributed by atoms with van der Waals surface area (Å²) < 4.78 is 2.04. The number of aromatic nitrogens is 1. The smallest absolute Gasteiger partial charge is 0.221 e. The molecule has 4 heteroatoms. The average Bonchev–Trinajstić information content (AvgIpc) is 3.17. The molecule has 0 spiro atoms. The number of amides is 1. The number of carbonyl (C=O) groups excluding carboxylic acids is 1. The number of fused-ring (bicyclic) bond motifs is 1. The van der Waals surface area contributed by atoms with Gasteiger partial charge in [-0.05, 0) is 40.3 Å². The van der Waals surface area contributed by atoms with Gasteiger partial charge in [0.15, 0.2) is 0 Å². The number of aryl methyl sites for hydroxylation is 1. The summed E-state index contributed by atoms with van der Waals surface area (Å²) in [5.41, 5.74) is 4.13. The van der Waals surface area contributed by atoms with E-state index in [2.05, 4.69) is 29.6 Å². The van der Waals surface area contributed by atoms with Gasteiger partial charge in [0.05, 0.1) is 6.10 Å². The fourth-order valence-electron chi connectivity index (χ4n) is 3.89. The lowest BCUT2D eigenvalue weighted by molar-refractivity contribution is -0.121. The molecule has 0 bridgehead atoms. The molecule has 3 aromatic carbocycles. The number of nitrogens with one attached hydrogen (secondary N) is 1. The number of rotatable bonds is 7. The van der Waals surface area contributed by atoms with Crippen molar-refractivity contribution in [3.63, 3.8) is 0 Å². The first-order chi connectivity index (χ1) is 14.6. The molecule has 2 N–H and O–H groups in total. The lowest BCUT2D eigenvalue weighted by Gasteiger charge is -2.19. The molecular weight excluding hydrogens is 372 g/mol. The lowest BCUT2D eigenvalue weighted by atomic mass is 9.88. The Morgan fingerprint density at radius 3 is 2.17 bits per heavy atom. The van der Waals surface area contributed by atoms with E-state index in [1.807, 2.05) is 78.5 Å². The van der Waals surface area contributed by atoms with Crippen LogP contribution < -0.4 is 5.32 Å². The number of benzene rings is 3. The molecule has 1 amide bonds. The predicted molar refractivity (Wildman–Crippen MR) is 120 cm³/mol. The van der Waals surface area contributed by atoms with E-state index < -0.39 is 6.10 Å². The van der Waals surface area contributed by atoms with Gasteiger partial charge in [-0.1, -0.05) is 66.7 Å². The number of hydrogen-bond donors (Lipinski definition) is 2. The number of nitrogens with zero attached hydrogens (tertiary/aromatic N) is 1. The van der Waals surface area contributed by atoms with Crippen LogP contribution in [0.2, 0.25) is 0 Å². The molecule has 1 aromatic heterocycles. The van der Waals surface area contributed by atoms with Crippen LogP contribution in [0.15, 0.2) is 91.1 Å². The molecule has 4 aromatic rings. The maximum absolute atomic E-state index is 12.7. The number of carbonyl (C=O) groups is 1. The summed E-state index contributed by atoms with van der Waals surface area (Å²) >= 11 is 0. The highest BCUT2D eigenvalue weighted by Crippen LogP contribution is 2.28. The van der Waals surface area contributed by atoms with Crippen LogP contribution >= 0.6 is 0 Å². The van der Waals surface area contributed by atoms with E-state index in [4.69, 9.17) is 0 Å². The van der Waals surface area contributed by atoms with Gasteiger partial charge < -0.3 is 15.0 Å². The van der Waals surface area contributed by atoms with Crippen molar-refractivity contribution in [2.24, 2.45) is 7.05 Å². The van der Waals surface area contributed by atoms with Crippen LogP contribution in [0, 0.1) is 0 Å². The fraction of sp³-hybridized carbons (Fsp3) is 0.192. The molecule has 0 saturated heterocycles. The van der Waals surface area contributed by atoms with Gasteiger partial charge in [0.2, 0.25) is 5.91 Å². The molecule has 4 nitrogen and oxygen atoms in total. The van der Waals surface area contributed by atoms with Crippen molar-refractivity contribution in [1.29, 1.82) is 0 Å². The number of aliphatic hydroxyl groups excluding tert-OH is 1. The van der Waals surface area contributed by atoms with Gasteiger partial charge in [0.25, 0.3) is 0 Å². The molecule has 0 aliphatic heterocycles. The molecular formula is C26H26N2O2. The van der Waals surface area contributed by atoms with Crippen molar-refractivity contribution >= 4 is 16.8 Å². The van der Waals surface area contributed by atoms with Gasteiger partial charge in [-0.2, -0.15) is 0 Å². The SMILES string of the molecule is Cn1ccc2cc(C(O)CNC(=O)CC(c3ccccc3)c3ccccc3)ccc21. The molecule has 152 valence electrons. The highest BCUT2D eigenvalue weighted by atomic mass is 16.3. The van der Waals surface area contributed by atoms with Crippen molar-refractivity contribution < 1.29 is 9.90 Å². The zero-order valence-corrected chi connectivity index (χ0v) is 17.0. The maximum atomic E-state index is 12.7. The second-order valence-corrected chi connectivity index (χ2v) is 7.64. The van der Waals surface area contributed by atoms with Gasteiger partial charge in [0.1, 0.15) is 0 Å². The summed E-state index contributed by atoms with van der Waals surface area (Å²) in [5, 5.41) is 14.6. The van der Waals surface area contributed by atoms with Gasteiger partial charge in [-0.25, -0.2) is 0 Å². The van der Waals surface area contributed by atoms with Crippen LogP contribution in [0.1, 0.15) is 35.1 Å². The standard InChI is InChI=1S/C26H26N2O2/c1-28-15-14-21-16-22(12-13-24(21)28)25(29)18-27-26(30)17-23(19-8-4-2-5-9-19)20-10-6-3-7-11-20/h2-16,23,25,29H,17-18H2,1H3,(H,27,30). The monoisotopic (exact) mass is 398 g/mol. The second kappa shape index (κ2) is 8.97. The van der Waals surface area contributed by atoms with Gasteiger partial charge in [0, 0.05) is 37.6 Å². The third-order valence-corrected chi connectivity index (χ3v) is 5.58. The second-order valence-electron chi connectivity index (χ2n) is 7.64. The third-order valence-electron chi connectivity index (χ3n) is 5.58. The average molecular weight is 399 g/mol. The first-order valence-electron chi connectivity index (χ1n) is 10.2. The molecule has 1 unspecified atom stereocenters. The first-order valence-corrected chi connectivity index (χ1v) is 10.2. The Labute approximate surface area is 176 Å². The van der Waals surface area contributed by atoms with Crippen LogP contribution in [0.5, 0.6) is 0 Å². The number of hydrogen-bond acceptors (Lipinski definition) is 2. The van der Waals surface area contributed by atoms with Crippen LogP contribution in [-0.2, 0) is 11.8 Å². The largest absolute Gasteiger partial charge is 0.387 e. The minimum absolute atomic E-state index is 0.0230. The Kier molecular flexibility index (Phi) is 5.96. The number of aliphatic hydroxyl groups is 1. The Balaban J connectivity index is 1.43. The zero-order chi connectivity index (χ0) is 20.9. The van der Waals surface area contributed by atoms with E-state index in [-0.39, 0.29) is 18.4 Å². The summed E-state index contributed by atoms with van der Waals surface area (Å²) in [5.74, 6) is -0.0993. The van der Waals surface area contributed by atoms with Crippen LogP contribution in [0.4, 0.5) is 0 Å². The Morgan fingerprint density at radius 1 is 0.900 bits per heavy atom. The zero-order valence-electron chi connectivity index (χ0n) is 17.0. The molecule has 0 aliphatic rings. The van der Waals surface area contributed by atoms with Crippen molar-refractivity contribution in [2.45, 2.75) is 18.4 Å². The van der Waals surface area contributed by atoms with Gasteiger partial charge >= 0.3 is 0 Å². The fourth-order valence-corrected chi connectivity index (χ4v) is 3.89. The summed E-state index contributed by atoms with van der Waals surface area (Å²) in [6.07, 6.45) is 1.58. The van der Waals surface area contributed by atoms with Crippen LogP contribution in [0.25, 0.3) is 10.9 Å². The quantitative estimate of drug-likeness (QED) is 0.480. The molecule has 1 heterocycles. The van der Waals surface area contributed by atoms with E-state index in [0.29, 0.717) is 6.42 Å². The Hall–Kier alpha value is -3.37. The highest BCUT2D eigenvalue weighted by Gasteiger charge is 2.19. The molecule has 0 radical (unpaired) electrons. The summed E-state index contributed by atoms with van der Waals surface area (Å²) in [7, 11) is 1.99. The van der Waals surface area contributed by atoms with Crippen LogP contribution in [0.3, 0.4) is 0 Å². The minimum atomic E-state index is -0.745. The Morgan fingerprint density at radius 2 is 1.53 bits per heavy atom. The third kappa shape index (κ3) is 4.44. The highest BCUT2D eigenvalue weighted by molar-refractivity contribution is 5.81. The molecule has 4 rings (SSSR count). The van der Waals surface area contributed by atoms with Crippen molar-refractivity contribution in [3.8, 4) is 0 Å². The summed E-state index contributed by atoms with van der Waals surface area (Å²) in [6.45, 7) is 0.188. The summed E-state index contributed by atoms with van der Waals surface area (Å²) in [4.78, 5) is 12.7. The first kappa shape index (κ1) is 19.9. The van der Waals surface area contributed by atoms with E-state index in [9.17, 15) is 9.90 Å². The molecule has 0 aliphatic carbocycles. The van der Waals surface area contributed by atoms with Gasteiger partial charge in [-0.3, -0.25) is 4.79 Å². The minimum Gasteiger partial charge on any atom is -0.387 e. The van der Waals surface area contributed by atoms with Gasteiger partial charge in [-0.15, -0.1) is 0 Å². The molecule has 1 atom stereocenters. The topological polar surface area (TPSA) is 54.3 Å².